The van der Waals surface area contributed by atoms with Gasteiger partial charge in [-0.05, 0) is 12.5 Å². The van der Waals surface area contributed by atoms with Crippen LogP contribution in [0.15, 0.2) is 30.3 Å². The van der Waals surface area contributed by atoms with E-state index in [1.165, 1.54) is 0 Å². The average molecular weight is 249 g/mol. The normalized spacial score (nSPS) is 13.1. The minimum atomic E-state index is -0.353. The highest BCUT2D eigenvalue weighted by molar-refractivity contribution is 5.81. The Hall–Kier alpha value is -1.35. The summed E-state index contributed by atoms with van der Waals surface area (Å²) in [6, 6.07) is 10.0. The van der Waals surface area contributed by atoms with E-state index < -0.39 is 0 Å². The highest BCUT2D eigenvalue weighted by Crippen LogP contribution is 2.12. The lowest BCUT2D eigenvalue weighted by molar-refractivity contribution is -0.129. The van der Waals surface area contributed by atoms with E-state index in [9.17, 15) is 4.79 Å². The number of nitrogens with one attached hydrogen (secondary N) is 1. The molecule has 0 fully saturated rings. The maximum Gasteiger partial charge on any atom is 0.225 e. The molecule has 0 bridgehead atoms. The third kappa shape index (κ3) is 5.32. The zero-order valence-corrected chi connectivity index (χ0v) is 11.7. The molecule has 1 amide bonds. The number of carbonyl (C=O) groups excluding carboxylic acids is 1. The summed E-state index contributed by atoms with van der Waals surface area (Å²) in [4.78, 5) is 11.7. The quantitative estimate of drug-likeness (QED) is 0.871. The van der Waals surface area contributed by atoms with Crippen LogP contribution in [0.5, 0.6) is 0 Å². The molecule has 0 aliphatic rings. The van der Waals surface area contributed by atoms with Crippen molar-refractivity contribution in [3.63, 3.8) is 0 Å². The van der Waals surface area contributed by atoms with Crippen molar-refractivity contribution in [2.75, 3.05) is 6.61 Å². The van der Waals surface area contributed by atoms with Gasteiger partial charge in [0.1, 0.15) is 0 Å². The van der Waals surface area contributed by atoms with Gasteiger partial charge in [-0.1, -0.05) is 51.1 Å². The van der Waals surface area contributed by atoms with Crippen LogP contribution in [0.4, 0.5) is 0 Å². The van der Waals surface area contributed by atoms with Gasteiger partial charge in [-0.15, -0.1) is 0 Å². The zero-order chi connectivity index (χ0) is 13.6. The number of ether oxygens (including phenoxy) is 1. The van der Waals surface area contributed by atoms with E-state index in [-0.39, 0.29) is 17.4 Å². The Morgan fingerprint density at radius 1 is 1.28 bits per heavy atom. The minimum Gasteiger partial charge on any atom is -0.375 e. The number of hydrogen-bond acceptors (Lipinski definition) is 2. The molecule has 0 saturated carbocycles. The monoisotopic (exact) mass is 249 g/mol. The Labute approximate surface area is 110 Å². The molecule has 0 spiro atoms. The topological polar surface area (TPSA) is 38.3 Å². The second-order valence-electron chi connectivity index (χ2n) is 5.63. The summed E-state index contributed by atoms with van der Waals surface area (Å²) in [5.41, 5.74) is 0.792. The van der Waals surface area contributed by atoms with E-state index in [1.807, 2.05) is 58.0 Å². The van der Waals surface area contributed by atoms with E-state index in [2.05, 4.69) is 5.32 Å². The molecule has 18 heavy (non-hydrogen) atoms. The van der Waals surface area contributed by atoms with Gasteiger partial charge in [0.2, 0.25) is 5.91 Å². The molecular formula is C15H23NO2. The molecule has 0 aromatic heterocycles. The Morgan fingerprint density at radius 3 is 2.44 bits per heavy atom. The van der Waals surface area contributed by atoms with Gasteiger partial charge in [-0.2, -0.15) is 0 Å². The van der Waals surface area contributed by atoms with Crippen LogP contribution in [0, 0.1) is 5.41 Å². The summed E-state index contributed by atoms with van der Waals surface area (Å²) in [6.07, 6.45) is 0. The predicted molar refractivity (Wildman–Crippen MR) is 73.2 cm³/mol. The van der Waals surface area contributed by atoms with Crippen molar-refractivity contribution in [3.8, 4) is 0 Å². The summed E-state index contributed by atoms with van der Waals surface area (Å²) >= 11 is 0. The van der Waals surface area contributed by atoms with Gasteiger partial charge in [0.05, 0.1) is 13.2 Å². The molecule has 0 aliphatic carbocycles. The lowest BCUT2D eigenvalue weighted by Gasteiger charge is -2.21. The van der Waals surface area contributed by atoms with E-state index in [0.29, 0.717) is 13.2 Å². The van der Waals surface area contributed by atoms with Crippen LogP contribution in [-0.2, 0) is 16.1 Å². The van der Waals surface area contributed by atoms with E-state index in [1.54, 1.807) is 0 Å². The fourth-order valence-corrected chi connectivity index (χ4v) is 1.41. The van der Waals surface area contributed by atoms with Gasteiger partial charge in [0, 0.05) is 11.5 Å². The van der Waals surface area contributed by atoms with E-state index in [0.717, 1.165) is 5.56 Å². The molecule has 0 radical (unpaired) electrons. The van der Waals surface area contributed by atoms with Crippen LogP contribution < -0.4 is 5.32 Å². The van der Waals surface area contributed by atoms with Crippen molar-refractivity contribution in [1.82, 2.24) is 5.32 Å². The fourth-order valence-electron chi connectivity index (χ4n) is 1.41. The first kappa shape index (κ1) is 14.7. The predicted octanol–water partition coefficient (Wildman–Crippen LogP) is 2.75. The van der Waals surface area contributed by atoms with Gasteiger partial charge >= 0.3 is 0 Å². The fraction of sp³-hybridized carbons (Fsp3) is 0.533. The maximum absolute atomic E-state index is 11.7. The summed E-state index contributed by atoms with van der Waals surface area (Å²) in [5.74, 6) is 0.0540. The molecule has 0 saturated heterocycles. The second kappa shape index (κ2) is 6.55. The van der Waals surface area contributed by atoms with Gasteiger partial charge < -0.3 is 10.1 Å². The van der Waals surface area contributed by atoms with Crippen molar-refractivity contribution >= 4 is 5.91 Å². The van der Waals surface area contributed by atoms with Crippen LogP contribution in [-0.4, -0.2) is 18.6 Å². The molecule has 100 valence electrons. The Bertz CT molecular complexity index is 368. The highest BCUT2D eigenvalue weighted by atomic mass is 16.5. The second-order valence-corrected chi connectivity index (χ2v) is 5.63. The Balaban J connectivity index is 2.26. The molecule has 1 aromatic carbocycles. The van der Waals surface area contributed by atoms with Crippen molar-refractivity contribution < 1.29 is 9.53 Å². The molecule has 1 rings (SSSR count). The molecule has 1 atom stereocenters. The van der Waals surface area contributed by atoms with Gasteiger partial charge in [-0.25, -0.2) is 0 Å². The highest BCUT2D eigenvalue weighted by Gasteiger charge is 2.22. The van der Waals surface area contributed by atoms with Gasteiger partial charge in [0.25, 0.3) is 0 Å². The third-order valence-electron chi connectivity index (χ3n) is 2.54. The maximum atomic E-state index is 11.7. The molecule has 1 aromatic rings. The molecular weight excluding hydrogens is 226 g/mol. The smallest absolute Gasteiger partial charge is 0.225 e. The van der Waals surface area contributed by atoms with Crippen molar-refractivity contribution in [1.29, 1.82) is 0 Å². The van der Waals surface area contributed by atoms with Crippen LogP contribution in [0.2, 0.25) is 0 Å². The zero-order valence-electron chi connectivity index (χ0n) is 11.7. The first-order valence-electron chi connectivity index (χ1n) is 6.32. The summed E-state index contributed by atoms with van der Waals surface area (Å²) < 4.78 is 5.58. The minimum absolute atomic E-state index is 0.0282. The lowest BCUT2D eigenvalue weighted by atomic mass is 9.95. The lowest BCUT2D eigenvalue weighted by Crippen LogP contribution is -2.42. The van der Waals surface area contributed by atoms with Crippen molar-refractivity contribution in [2.45, 2.75) is 40.3 Å². The van der Waals surface area contributed by atoms with Crippen molar-refractivity contribution in [2.24, 2.45) is 5.41 Å². The molecule has 3 heteroatoms. The Kier molecular flexibility index (Phi) is 5.35. The molecule has 1 N–H and O–H groups in total. The number of rotatable bonds is 5. The Morgan fingerprint density at radius 2 is 1.89 bits per heavy atom. The SMILES string of the molecule is C[C@@H](COCc1ccccc1)NC(=O)C(C)(C)C. The number of amides is 1. The standard InChI is InChI=1S/C15H23NO2/c1-12(16-14(17)15(2,3)4)10-18-11-13-8-6-5-7-9-13/h5-9,12H,10-11H2,1-4H3,(H,16,17)/t12-/m0/s1. The number of benzene rings is 1. The van der Waals surface area contributed by atoms with Crippen LogP contribution in [0.25, 0.3) is 0 Å². The largest absolute Gasteiger partial charge is 0.375 e. The number of hydrogen-bond donors (Lipinski definition) is 1. The molecule has 3 nitrogen and oxygen atoms in total. The third-order valence-corrected chi connectivity index (χ3v) is 2.54. The summed E-state index contributed by atoms with van der Waals surface area (Å²) in [5, 5.41) is 2.94. The molecule has 0 aliphatic heterocycles. The molecule has 0 heterocycles. The van der Waals surface area contributed by atoms with Crippen molar-refractivity contribution in [3.05, 3.63) is 35.9 Å². The first-order chi connectivity index (χ1) is 8.39. The molecule has 0 unspecified atom stereocenters. The summed E-state index contributed by atoms with van der Waals surface area (Å²) in [6.45, 7) is 8.77. The van der Waals surface area contributed by atoms with Gasteiger partial charge in [-0.3, -0.25) is 4.79 Å². The van der Waals surface area contributed by atoms with Crippen LogP contribution in [0.1, 0.15) is 33.3 Å². The van der Waals surface area contributed by atoms with Gasteiger partial charge in [0.15, 0.2) is 0 Å². The number of carbonyl (C=O) groups is 1. The first-order valence-corrected chi connectivity index (χ1v) is 6.32. The van der Waals surface area contributed by atoms with Crippen LogP contribution >= 0.6 is 0 Å². The van der Waals surface area contributed by atoms with E-state index >= 15 is 0 Å². The van der Waals surface area contributed by atoms with Crippen LogP contribution in [0.3, 0.4) is 0 Å². The summed E-state index contributed by atoms with van der Waals surface area (Å²) in [7, 11) is 0. The van der Waals surface area contributed by atoms with E-state index in [4.69, 9.17) is 4.74 Å². The average Bonchev–Trinajstić information content (AvgIpc) is 2.29.